The van der Waals surface area contributed by atoms with Crippen LogP contribution in [0.2, 0.25) is 0 Å². The Kier molecular flexibility index (Phi) is 7.80. The molecular weight excluding hydrogens is 408 g/mol. The van der Waals surface area contributed by atoms with E-state index >= 15 is 0 Å². The number of nitrogens with zero attached hydrogens (tertiary/aromatic N) is 3. The highest BCUT2D eigenvalue weighted by atomic mass is 32.2. The second kappa shape index (κ2) is 10.9. The van der Waals surface area contributed by atoms with Crippen molar-refractivity contribution in [3.05, 3.63) is 42.4 Å². The number of benzene rings is 1. The first-order valence-electron chi connectivity index (χ1n) is 11.0. The first-order valence-corrected chi connectivity index (χ1v) is 12.2. The van der Waals surface area contributed by atoms with Gasteiger partial charge in [0.2, 0.25) is 0 Å². The van der Waals surface area contributed by atoms with Crippen molar-refractivity contribution < 1.29 is 4.74 Å². The van der Waals surface area contributed by atoms with Crippen molar-refractivity contribution in [1.29, 1.82) is 0 Å². The maximum atomic E-state index is 5.97. The molecule has 1 aliphatic carbocycles. The van der Waals surface area contributed by atoms with Crippen LogP contribution in [-0.4, -0.2) is 59.0 Å². The average molecular weight is 441 g/mol. The average Bonchev–Trinajstić information content (AvgIpc) is 3.22. The van der Waals surface area contributed by atoms with E-state index in [9.17, 15) is 0 Å². The van der Waals surface area contributed by atoms with Crippen LogP contribution in [0, 0.1) is 5.92 Å². The highest BCUT2D eigenvalue weighted by molar-refractivity contribution is 7.96. The molecule has 0 amide bonds. The van der Waals surface area contributed by atoms with Gasteiger partial charge in [0.25, 0.3) is 0 Å². The summed E-state index contributed by atoms with van der Waals surface area (Å²) < 4.78 is 8.54. The molecule has 3 heterocycles. The summed E-state index contributed by atoms with van der Waals surface area (Å²) in [5.74, 6) is 1.52. The number of nitrogens with one attached hydrogen (secondary N) is 2. The van der Waals surface area contributed by atoms with E-state index in [1.165, 1.54) is 37.7 Å². The fourth-order valence-electron chi connectivity index (χ4n) is 4.04. The van der Waals surface area contributed by atoms with E-state index in [4.69, 9.17) is 10.5 Å². The number of aromatic amines is 1. The Morgan fingerprint density at radius 1 is 1.26 bits per heavy atom. The van der Waals surface area contributed by atoms with Crippen LogP contribution in [0.15, 0.2) is 36.8 Å². The van der Waals surface area contributed by atoms with Crippen molar-refractivity contribution in [2.75, 3.05) is 44.8 Å². The van der Waals surface area contributed by atoms with E-state index in [-0.39, 0.29) is 0 Å². The maximum absolute atomic E-state index is 5.97. The summed E-state index contributed by atoms with van der Waals surface area (Å²) in [6, 6.07) is 8.36. The van der Waals surface area contributed by atoms with Crippen LogP contribution in [0.5, 0.6) is 0 Å². The molecule has 166 valence electrons. The van der Waals surface area contributed by atoms with Gasteiger partial charge in [-0.25, -0.2) is 9.97 Å². The van der Waals surface area contributed by atoms with Crippen LogP contribution in [0.4, 0.5) is 5.82 Å². The molecule has 5 rings (SSSR count). The molecule has 4 N–H and O–H groups in total. The van der Waals surface area contributed by atoms with E-state index in [1.807, 2.05) is 18.5 Å². The minimum atomic E-state index is 0.499. The molecule has 1 aromatic carbocycles. The van der Waals surface area contributed by atoms with Gasteiger partial charge in [0.15, 0.2) is 0 Å². The highest BCUT2D eigenvalue weighted by Gasteiger charge is 2.21. The van der Waals surface area contributed by atoms with E-state index in [0.717, 1.165) is 60.9 Å². The standard InChI is InChI=1S/C14H15N5S.C9H17NO/c1-20-19-6-9-3-2-4-10(5-9)11-7-16-14-12(11)13(15)17-8-18-14;1-2-9(3-1)8-10-4-6-11-7-5-10/h2-5,7-8,19H,6H2,1H3,(H3,15,16,17,18);9H,1-8H2. The van der Waals surface area contributed by atoms with Gasteiger partial charge < -0.3 is 15.5 Å². The normalized spacial score (nSPS) is 17.2. The minimum absolute atomic E-state index is 0.499. The third kappa shape index (κ3) is 5.77. The van der Waals surface area contributed by atoms with Gasteiger partial charge in [-0.3, -0.25) is 9.62 Å². The molecule has 3 aromatic rings. The van der Waals surface area contributed by atoms with Gasteiger partial charge in [0.1, 0.15) is 17.8 Å². The van der Waals surface area contributed by atoms with Crippen LogP contribution in [0.25, 0.3) is 22.2 Å². The summed E-state index contributed by atoms with van der Waals surface area (Å²) in [5.41, 5.74) is 10.1. The van der Waals surface area contributed by atoms with Gasteiger partial charge in [-0.15, -0.1) is 0 Å². The Labute approximate surface area is 188 Å². The largest absolute Gasteiger partial charge is 0.383 e. The van der Waals surface area contributed by atoms with Crippen LogP contribution in [-0.2, 0) is 11.3 Å². The lowest BCUT2D eigenvalue weighted by Crippen LogP contribution is -2.40. The monoisotopic (exact) mass is 440 g/mol. The first-order chi connectivity index (χ1) is 15.2. The zero-order chi connectivity index (χ0) is 21.5. The number of morpholine rings is 1. The number of rotatable bonds is 6. The molecule has 0 atom stereocenters. The number of fused-ring (bicyclic) bond motifs is 1. The third-order valence-corrected chi connectivity index (χ3v) is 6.44. The smallest absolute Gasteiger partial charge is 0.143 e. The molecule has 1 aliphatic heterocycles. The Bertz CT molecular complexity index is 968. The summed E-state index contributed by atoms with van der Waals surface area (Å²) in [4.78, 5) is 14.0. The van der Waals surface area contributed by atoms with Gasteiger partial charge in [0, 0.05) is 37.9 Å². The Morgan fingerprint density at radius 2 is 2.10 bits per heavy atom. The summed E-state index contributed by atoms with van der Waals surface area (Å²) in [6.45, 7) is 6.39. The van der Waals surface area contributed by atoms with Crippen molar-refractivity contribution in [3.63, 3.8) is 0 Å². The van der Waals surface area contributed by atoms with Crippen molar-refractivity contribution >= 4 is 28.8 Å². The Balaban J connectivity index is 0.000000177. The molecule has 7 nitrogen and oxygen atoms in total. The lowest BCUT2D eigenvalue weighted by molar-refractivity contribution is 0.0241. The van der Waals surface area contributed by atoms with E-state index in [2.05, 4.69) is 42.8 Å². The van der Waals surface area contributed by atoms with Gasteiger partial charge in [-0.05, 0) is 42.2 Å². The molecule has 0 radical (unpaired) electrons. The number of hydrogen-bond acceptors (Lipinski definition) is 7. The van der Waals surface area contributed by atoms with E-state index in [0.29, 0.717) is 5.82 Å². The zero-order valence-electron chi connectivity index (χ0n) is 18.1. The van der Waals surface area contributed by atoms with Crippen LogP contribution in [0.3, 0.4) is 0 Å². The van der Waals surface area contributed by atoms with Crippen LogP contribution in [0.1, 0.15) is 24.8 Å². The second-order valence-electron chi connectivity index (χ2n) is 8.12. The number of nitrogens with two attached hydrogens (primary N) is 1. The van der Waals surface area contributed by atoms with Crippen LogP contribution >= 0.6 is 11.9 Å². The van der Waals surface area contributed by atoms with Gasteiger partial charge in [0.05, 0.1) is 18.6 Å². The van der Waals surface area contributed by atoms with E-state index < -0.39 is 0 Å². The predicted molar refractivity (Wildman–Crippen MR) is 129 cm³/mol. The second-order valence-corrected chi connectivity index (χ2v) is 8.82. The van der Waals surface area contributed by atoms with Gasteiger partial charge in [-0.2, -0.15) is 0 Å². The number of hydrogen-bond donors (Lipinski definition) is 3. The zero-order valence-corrected chi connectivity index (χ0v) is 19.0. The third-order valence-electron chi connectivity index (χ3n) is 6.00. The summed E-state index contributed by atoms with van der Waals surface area (Å²) in [5, 5.41) is 0.877. The predicted octanol–water partition coefficient (Wildman–Crippen LogP) is 3.69. The quantitative estimate of drug-likeness (QED) is 0.504. The van der Waals surface area contributed by atoms with Crippen molar-refractivity contribution in [2.24, 2.45) is 5.92 Å². The molecule has 2 aromatic heterocycles. The summed E-state index contributed by atoms with van der Waals surface area (Å²) >= 11 is 1.61. The highest BCUT2D eigenvalue weighted by Crippen LogP contribution is 2.31. The number of anilines is 1. The molecule has 31 heavy (non-hydrogen) atoms. The number of aromatic nitrogens is 3. The molecule has 1 saturated heterocycles. The molecular formula is C23H32N6OS. The maximum Gasteiger partial charge on any atom is 0.143 e. The van der Waals surface area contributed by atoms with Gasteiger partial charge >= 0.3 is 0 Å². The molecule has 1 saturated carbocycles. The van der Waals surface area contributed by atoms with Crippen molar-refractivity contribution in [2.45, 2.75) is 25.8 Å². The molecule has 0 unspecified atom stereocenters. The topological polar surface area (TPSA) is 92.1 Å². The number of ether oxygens (including phenoxy) is 1. The van der Waals surface area contributed by atoms with E-state index in [1.54, 1.807) is 11.9 Å². The SMILES string of the molecule is C1CC(CN2CCOCC2)C1.CSNCc1cccc(-c2c[nH]c3ncnc(N)c23)c1. The van der Waals surface area contributed by atoms with Crippen LogP contribution < -0.4 is 10.5 Å². The summed E-state index contributed by atoms with van der Waals surface area (Å²) in [7, 11) is 0. The molecule has 0 bridgehead atoms. The molecule has 2 aliphatic rings. The molecule has 8 heteroatoms. The van der Waals surface area contributed by atoms with Gasteiger partial charge in [-0.1, -0.05) is 36.6 Å². The number of nitrogen functional groups attached to an aromatic ring is 1. The lowest BCUT2D eigenvalue weighted by atomic mass is 9.85. The van der Waals surface area contributed by atoms with Crippen molar-refractivity contribution in [3.8, 4) is 11.1 Å². The summed E-state index contributed by atoms with van der Waals surface area (Å²) in [6.07, 6.45) is 9.82. The Hall–Kier alpha value is -2.13. The molecule has 2 fully saturated rings. The fourth-order valence-corrected chi connectivity index (χ4v) is 4.35. The fraction of sp³-hybridized carbons (Fsp3) is 0.478. The number of H-pyrrole nitrogens is 1. The first kappa shape index (κ1) is 22.1. The molecule has 0 spiro atoms. The minimum Gasteiger partial charge on any atom is -0.383 e. The Morgan fingerprint density at radius 3 is 2.84 bits per heavy atom. The lowest BCUT2D eigenvalue weighted by Gasteiger charge is -2.34. The van der Waals surface area contributed by atoms with Crippen molar-refractivity contribution in [1.82, 2.24) is 24.6 Å².